The number of benzene rings is 1. The van der Waals surface area contributed by atoms with Gasteiger partial charge in [0.25, 0.3) is 0 Å². The van der Waals surface area contributed by atoms with Gasteiger partial charge in [0.05, 0.1) is 16.9 Å². The van der Waals surface area contributed by atoms with E-state index in [1.165, 1.54) is 12.1 Å². The zero-order chi connectivity index (χ0) is 13.9. The Balaban J connectivity index is 2.18. The summed E-state index contributed by atoms with van der Waals surface area (Å²) in [7, 11) is -1.75. The normalized spacial score (nSPS) is 11.7. The molecule has 0 aliphatic carbocycles. The van der Waals surface area contributed by atoms with E-state index in [2.05, 4.69) is 10.3 Å². The first-order valence-corrected chi connectivity index (χ1v) is 7.30. The van der Waals surface area contributed by atoms with E-state index in [4.69, 9.17) is 5.14 Å². The predicted molar refractivity (Wildman–Crippen MR) is 71.9 cm³/mol. The number of imidazole rings is 1. The molecule has 0 fully saturated rings. The van der Waals surface area contributed by atoms with Crippen LogP contribution in [0.4, 0.5) is 0 Å². The topological polar surface area (TPSA) is 90.0 Å². The third-order valence-electron chi connectivity index (χ3n) is 2.76. The fourth-order valence-electron chi connectivity index (χ4n) is 1.80. The monoisotopic (exact) mass is 280 g/mol. The molecule has 0 amide bonds. The molecule has 7 heteroatoms. The van der Waals surface area contributed by atoms with Crippen LogP contribution in [0.15, 0.2) is 41.7 Å². The SMILES string of the molecule is CNCc1cncn1Cc1ccc(S(N)(=O)=O)cc1. The van der Waals surface area contributed by atoms with E-state index in [1.54, 1.807) is 24.7 Å². The molecule has 102 valence electrons. The Labute approximate surface area is 112 Å². The minimum atomic E-state index is -3.63. The van der Waals surface area contributed by atoms with Gasteiger partial charge in [0.2, 0.25) is 10.0 Å². The van der Waals surface area contributed by atoms with Crippen LogP contribution in [-0.2, 0) is 23.1 Å². The van der Waals surface area contributed by atoms with Crippen molar-refractivity contribution in [2.45, 2.75) is 18.0 Å². The maximum absolute atomic E-state index is 11.2. The highest BCUT2D eigenvalue weighted by Crippen LogP contribution is 2.11. The van der Waals surface area contributed by atoms with E-state index >= 15 is 0 Å². The Morgan fingerprint density at radius 1 is 1.32 bits per heavy atom. The van der Waals surface area contributed by atoms with E-state index in [0.717, 1.165) is 17.8 Å². The van der Waals surface area contributed by atoms with Gasteiger partial charge in [0.1, 0.15) is 0 Å². The largest absolute Gasteiger partial charge is 0.329 e. The summed E-state index contributed by atoms with van der Waals surface area (Å²) >= 11 is 0. The molecule has 0 saturated carbocycles. The lowest BCUT2D eigenvalue weighted by molar-refractivity contribution is 0.597. The number of nitrogens with zero attached hydrogens (tertiary/aromatic N) is 2. The molecule has 2 aromatic rings. The van der Waals surface area contributed by atoms with Crippen LogP contribution >= 0.6 is 0 Å². The van der Waals surface area contributed by atoms with Crippen molar-refractivity contribution in [3.63, 3.8) is 0 Å². The van der Waals surface area contributed by atoms with Crippen molar-refractivity contribution in [1.29, 1.82) is 0 Å². The van der Waals surface area contributed by atoms with E-state index in [-0.39, 0.29) is 4.90 Å². The first kappa shape index (κ1) is 13.7. The van der Waals surface area contributed by atoms with Crippen molar-refractivity contribution in [2.24, 2.45) is 5.14 Å². The molecule has 6 nitrogen and oxygen atoms in total. The number of primary sulfonamides is 1. The molecule has 1 aromatic carbocycles. The quantitative estimate of drug-likeness (QED) is 0.824. The van der Waals surface area contributed by atoms with Gasteiger partial charge in [0.15, 0.2) is 0 Å². The Bertz CT molecular complexity index is 647. The summed E-state index contributed by atoms with van der Waals surface area (Å²) in [5.41, 5.74) is 2.06. The number of rotatable bonds is 5. The van der Waals surface area contributed by atoms with Crippen LogP contribution < -0.4 is 10.5 Å². The van der Waals surface area contributed by atoms with Gasteiger partial charge in [-0.3, -0.25) is 0 Å². The molecule has 0 aliphatic rings. The molecule has 3 N–H and O–H groups in total. The Morgan fingerprint density at radius 2 is 2.00 bits per heavy atom. The average Bonchev–Trinajstić information content (AvgIpc) is 2.77. The molecule has 0 aliphatic heterocycles. The Hall–Kier alpha value is -1.70. The van der Waals surface area contributed by atoms with Gasteiger partial charge in [-0.05, 0) is 24.7 Å². The molecule has 19 heavy (non-hydrogen) atoms. The lowest BCUT2D eigenvalue weighted by atomic mass is 10.2. The summed E-state index contributed by atoms with van der Waals surface area (Å²) in [6, 6.07) is 6.53. The summed E-state index contributed by atoms with van der Waals surface area (Å²) < 4.78 is 24.3. The Morgan fingerprint density at radius 3 is 2.58 bits per heavy atom. The summed E-state index contributed by atoms with van der Waals surface area (Å²) in [5.74, 6) is 0. The molecule has 0 bridgehead atoms. The molecule has 0 radical (unpaired) electrons. The Kier molecular flexibility index (Phi) is 3.98. The smallest absolute Gasteiger partial charge is 0.238 e. The molecule has 1 aromatic heterocycles. The van der Waals surface area contributed by atoms with Crippen molar-refractivity contribution in [3.05, 3.63) is 48.0 Å². The highest BCUT2D eigenvalue weighted by atomic mass is 32.2. The zero-order valence-corrected chi connectivity index (χ0v) is 11.4. The highest BCUT2D eigenvalue weighted by molar-refractivity contribution is 7.89. The minimum Gasteiger partial charge on any atom is -0.329 e. The third-order valence-corrected chi connectivity index (χ3v) is 3.69. The first-order chi connectivity index (χ1) is 9.00. The van der Waals surface area contributed by atoms with Crippen LogP contribution in [-0.4, -0.2) is 25.0 Å². The molecule has 0 atom stereocenters. The number of aromatic nitrogens is 2. The van der Waals surface area contributed by atoms with Gasteiger partial charge in [0, 0.05) is 19.3 Å². The van der Waals surface area contributed by atoms with Crippen molar-refractivity contribution in [1.82, 2.24) is 14.9 Å². The summed E-state index contributed by atoms with van der Waals surface area (Å²) in [6.07, 6.45) is 3.55. The predicted octanol–water partition coefficient (Wildman–Crippen LogP) is 0.298. The molecular formula is C12H16N4O2S. The van der Waals surface area contributed by atoms with Gasteiger partial charge in [-0.25, -0.2) is 18.5 Å². The highest BCUT2D eigenvalue weighted by Gasteiger charge is 2.07. The fraction of sp³-hybridized carbons (Fsp3) is 0.250. The fourth-order valence-corrected chi connectivity index (χ4v) is 2.32. The maximum atomic E-state index is 11.2. The number of nitrogens with one attached hydrogen (secondary N) is 1. The molecule has 0 saturated heterocycles. The first-order valence-electron chi connectivity index (χ1n) is 5.76. The van der Waals surface area contributed by atoms with Gasteiger partial charge in [-0.15, -0.1) is 0 Å². The van der Waals surface area contributed by atoms with Crippen molar-refractivity contribution < 1.29 is 8.42 Å². The minimum absolute atomic E-state index is 0.123. The van der Waals surface area contributed by atoms with Gasteiger partial charge < -0.3 is 9.88 Å². The lowest BCUT2D eigenvalue weighted by Gasteiger charge is -2.08. The van der Waals surface area contributed by atoms with E-state index < -0.39 is 10.0 Å². The van der Waals surface area contributed by atoms with Gasteiger partial charge >= 0.3 is 0 Å². The average molecular weight is 280 g/mol. The van der Waals surface area contributed by atoms with Crippen molar-refractivity contribution in [3.8, 4) is 0 Å². The second kappa shape index (κ2) is 5.52. The third kappa shape index (κ3) is 3.40. The molecule has 1 heterocycles. The molecule has 0 spiro atoms. The van der Waals surface area contributed by atoms with Crippen LogP contribution in [0.25, 0.3) is 0 Å². The van der Waals surface area contributed by atoms with Crippen molar-refractivity contribution in [2.75, 3.05) is 7.05 Å². The van der Waals surface area contributed by atoms with Crippen LogP contribution in [0, 0.1) is 0 Å². The maximum Gasteiger partial charge on any atom is 0.238 e. The van der Waals surface area contributed by atoms with Gasteiger partial charge in [-0.2, -0.15) is 0 Å². The van der Waals surface area contributed by atoms with Crippen LogP contribution in [0.5, 0.6) is 0 Å². The standard InChI is InChI=1S/C12H16N4O2S/c1-14-6-11-7-15-9-16(11)8-10-2-4-12(5-3-10)19(13,17)18/h2-5,7,9,14H,6,8H2,1H3,(H2,13,17,18). The summed E-state index contributed by atoms with van der Waals surface area (Å²) in [5, 5.41) is 8.12. The van der Waals surface area contributed by atoms with E-state index in [0.29, 0.717) is 6.54 Å². The number of hydrogen-bond donors (Lipinski definition) is 2. The number of nitrogens with two attached hydrogens (primary N) is 1. The summed E-state index contributed by atoms with van der Waals surface area (Å²) in [4.78, 5) is 4.22. The second-order valence-electron chi connectivity index (χ2n) is 4.23. The van der Waals surface area contributed by atoms with Crippen molar-refractivity contribution >= 4 is 10.0 Å². The van der Waals surface area contributed by atoms with E-state index in [9.17, 15) is 8.42 Å². The molecule has 0 unspecified atom stereocenters. The van der Waals surface area contributed by atoms with Crippen LogP contribution in [0.3, 0.4) is 0 Å². The zero-order valence-electron chi connectivity index (χ0n) is 10.6. The van der Waals surface area contributed by atoms with Crippen LogP contribution in [0.1, 0.15) is 11.3 Å². The summed E-state index contributed by atoms with van der Waals surface area (Å²) in [6.45, 7) is 1.37. The number of sulfonamides is 1. The number of hydrogen-bond acceptors (Lipinski definition) is 4. The van der Waals surface area contributed by atoms with Gasteiger partial charge in [-0.1, -0.05) is 12.1 Å². The lowest BCUT2D eigenvalue weighted by Crippen LogP contribution is -2.13. The molecular weight excluding hydrogens is 264 g/mol. The second-order valence-corrected chi connectivity index (χ2v) is 5.79. The van der Waals surface area contributed by atoms with E-state index in [1.807, 2.05) is 11.6 Å². The van der Waals surface area contributed by atoms with Crippen LogP contribution in [0.2, 0.25) is 0 Å². The molecule has 2 rings (SSSR count).